The number of nitrogens with one attached hydrogen (secondary N) is 1. The van der Waals surface area contributed by atoms with Gasteiger partial charge in [0.05, 0.1) is 46.8 Å². The number of benzene rings is 1. The molecule has 1 saturated heterocycles. The molecule has 8 heteroatoms. The molecule has 1 amide bonds. The lowest BCUT2D eigenvalue weighted by Crippen LogP contribution is -2.49. The largest absolute Gasteiger partial charge is 0.391 e. The minimum atomic E-state index is -0.521. The van der Waals surface area contributed by atoms with Gasteiger partial charge in [0, 0.05) is 32.9 Å². The van der Waals surface area contributed by atoms with Crippen LogP contribution in [0.25, 0.3) is 11.0 Å². The fourth-order valence-electron chi connectivity index (χ4n) is 4.90. The molecule has 1 saturated carbocycles. The van der Waals surface area contributed by atoms with Crippen LogP contribution in [0.2, 0.25) is 0 Å². The van der Waals surface area contributed by atoms with Crippen LogP contribution in [0.4, 0.5) is 0 Å². The van der Waals surface area contributed by atoms with Gasteiger partial charge >= 0.3 is 0 Å². The summed E-state index contributed by atoms with van der Waals surface area (Å²) >= 11 is 0. The number of aliphatic hydroxyl groups is 1. The van der Waals surface area contributed by atoms with Gasteiger partial charge in [0.2, 0.25) is 0 Å². The van der Waals surface area contributed by atoms with E-state index in [-0.39, 0.29) is 11.9 Å². The second kappa shape index (κ2) is 7.77. The zero-order valence-electron chi connectivity index (χ0n) is 17.0. The summed E-state index contributed by atoms with van der Waals surface area (Å²) in [6, 6.07) is 7.68. The third-order valence-corrected chi connectivity index (χ3v) is 6.39. The number of rotatable bonds is 4. The molecule has 2 aliphatic rings. The monoisotopic (exact) mass is 406 g/mol. The summed E-state index contributed by atoms with van der Waals surface area (Å²) in [5.41, 5.74) is 3.32. The van der Waals surface area contributed by atoms with E-state index in [4.69, 9.17) is 4.98 Å². The first-order valence-corrected chi connectivity index (χ1v) is 10.5. The Morgan fingerprint density at radius 2 is 1.93 bits per heavy atom. The standard InChI is InChI=1S/C22H26N6O2/c1-27-10-16(8-24-27)22(30)26-20-6-14-11-28(12-15(14)7-21(20)29)13-17-9-23-18-4-2-3-5-19(18)25-17/h2-5,8-10,14-15,20-21,29H,6-7,11-13H2,1H3,(H,26,30)/t14-,15+,20-,21-/m0/s1. The summed E-state index contributed by atoms with van der Waals surface area (Å²) in [5.74, 6) is 0.730. The number of likely N-dealkylation sites (tertiary alicyclic amines) is 1. The summed E-state index contributed by atoms with van der Waals surface area (Å²) in [6.45, 7) is 2.65. The Balaban J connectivity index is 1.22. The fourth-order valence-corrected chi connectivity index (χ4v) is 4.90. The third-order valence-electron chi connectivity index (χ3n) is 6.39. The first-order chi connectivity index (χ1) is 14.5. The predicted molar refractivity (Wildman–Crippen MR) is 111 cm³/mol. The van der Waals surface area contributed by atoms with Gasteiger partial charge in [-0.25, -0.2) is 4.98 Å². The molecule has 30 heavy (non-hydrogen) atoms. The average Bonchev–Trinajstić information content (AvgIpc) is 3.33. The van der Waals surface area contributed by atoms with E-state index in [1.807, 2.05) is 30.5 Å². The summed E-state index contributed by atoms with van der Waals surface area (Å²) in [6.07, 6.45) is 6.08. The predicted octanol–water partition coefficient (Wildman–Crippen LogP) is 1.36. The number of aromatic nitrogens is 4. The second-order valence-electron chi connectivity index (χ2n) is 8.59. The van der Waals surface area contributed by atoms with Crippen molar-refractivity contribution in [1.29, 1.82) is 0 Å². The van der Waals surface area contributed by atoms with E-state index in [1.54, 1.807) is 24.1 Å². The number of para-hydroxylation sites is 2. The summed E-state index contributed by atoms with van der Waals surface area (Å²) < 4.78 is 1.60. The maximum atomic E-state index is 12.5. The first kappa shape index (κ1) is 19.1. The van der Waals surface area contributed by atoms with Gasteiger partial charge in [-0.3, -0.25) is 19.4 Å². The number of aryl methyl sites for hydroxylation is 1. The highest BCUT2D eigenvalue weighted by atomic mass is 16.3. The minimum absolute atomic E-state index is 0.174. The van der Waals surface area contributed by atoms with E-state index in [0.29, 0.717) is 23.8 Å². The molecule has 3 aromatic rings. The topological polar surface area (TPSA) is 96.2 Å². The third kappa shape index (κ3) is 3.80. The van der Waals surface area contributed by atoms with Gasteiger partial charge in [-0.1, -0.05) is 12.1 Å². The van der Waals surface area contributed by atoms with E-state index >= 15 is 0 Å². The van der Waals surface area contributed by atoms with Crippen molar-refractivity contribution in [1.82, 2.24) is 30.0 Å². The molecule has 0 spiro atoms. The number of amides is 1. The lowest BCUT2D eigenvalue weighted by molar-refractivity contribution is 0.0461. The molecule has 2 fully saturated rings. The van der Waals surface area contributed by atoms with Crippen molar-refractivity contribution < 1.29 is 9.90 Å². The van der Waals surface area contributed by atoms with Crippen LogP contribution in [0.5, 0.6) is 0 Å². The Morgan fingerprint density at radius 1 is 1.17 bits per heavy atom. The molecule has 0 bridgehead atoms. The highest BCUT2D eigenvalue weighted by Crippen LogP contribution is 2.37. The Hall–Kier alpha value is -2.84. The molecule has 8 nitrogen and oxygen atoms in total. The molecule has 3 heterocycles. The minimum Gasteiger partial charge on any atom is -0.391 e. The normalized spacial score (nSPS) is 26.6. The maximum absolute atomic E-state index is 12.5. The number of hydrogen-bond acceptors (Lipinski definition) is 6. The van der Waals surface area contributed by atoms with Crippen LogP contribution in [-0.2, 0) is 13.6 Å². The fraction of sp³-hybridized carbons (Fsp3) is 0.455. The van der Waals surface area contributed by atoms with Gasteiger partial charge in [0.15, 0.2) is 0 Å². The molecule has 1 aliphatic carbocycles. The molecule has 1 aromatic carbocycles. The summed E-state index contributed by atoms with van der Waals surface area (Å²) in [5, 5.41) is 17.7. The van der Waals surface area contributed by atoms with Crippen LogP contribution < -0.4 is 5.32 Å². The van der Waals surface area contributed by atoms with Gasteiger partial charge < -0.3 is 10.4 Å². The second-order valence-corrected chi connectivity index (χ2v) is 8.59. The van der Waals surface area contributed by atoms with Crippen LogP contribution in [0.15, 0.2) is 42.9 Å². The number of carbonyl (C=O) groups is 1. The van der Waals surface area contributed by atoms with Crippen LogP contribution >= 0.6 is 0 Å². The zero-order chi connectivity index (χ0) is 20.7. The molecule has 5 rings (SSSR count). The summed E-state index contributed by atoms with van der Waals surface area (Å²) in [7, 11) is 1.78. The number of aliphatic hydroxyl groups excluding tert-OH is 1. The Labute approximate surface area is 174 Å². The van der Waals surface area contributed by atoms with Gasteiger partial charge in [-0.15, -0.1) is 0 Å². The smallest absolute Gasteiger partial charge is 0.254 e. The van der Waals surface area contributed by atoms with Crippen LogP contribution in [0.1, 0.15) is 28.9 Å². The molecular formula is C22H26N6O2. The maximum Gasteiger partial charge on any atom is 0.254 e. The van der Waals surface area contributed by atoms with Crippen molar-refractivity contribution in [3.63, 3.8) is 0 Å². The van der Waals surface area contributed by atoms with Gasteiger partial charge in [-0.05, 0) is 36.8 Å². The molecular weight excluding hydrogens is 380 g/mol. The van der Waals surface area contributed by atoms with Crippen LogP contribution in [0, 0.1) is 11.8 Å². The molecule has 4 atom stereocenters. The molecule has 0 radical (unpaired) electrons. The number of hydrogen-bond donors (Lipinski definition) is 2. The lowest BCUT2D eigenvalue weighted by Gasteiger charge is -2.35. The highest BCUT2D eigenvalue weighted by Gasteiger charge is 2.42. The molecule has 156 valence electrons. The van der Waals surface area contributed by atoms with E-state index in [0.717, 1.165) is 42.8 Å². The van der Waals surface area contributed by atoms with Crippen LogP contribution in [0.3, 0.4) is 0 Å². The summed E-state index contributed by atoms with van der Waals surface area (Å²) in [4.78, 5) is 24.1. The zero-order valence-corrected chi connectivity index (χ0v) is 17.0. The first-order valence-electron chi connectivity index (χ1n) is 10.5. The van der Waals surface area contributed by atoms with Crippen molar-refractivity contribution in [2.45, 2.75) is 31.5 Å². The Bertz CT molecular complexity index is 1070. The molecule has 1 aliphatic heterocycles. The SMILES string of the molecule is Cn1cc(C(=O)N[C@H]2C[C@H]3CN(Cc4cnc5ccccc5n4)C[C@H]3C[C@@H]2O)cn1. The number of carbonyl (C=O) groups excluding carboxylic acids is 1. The van der Waals surface area contributed by atoms with Crippen molar-refractivity contribution in [3.8, 4) is 0 Å². The van der Waals surface area contributed by atoms with Crippen LogP contribution in [-0.4, -0.2) is 60.9 Å². The molecule has 0 unspecified atom stereocenters. The van der Waals surface area contributed by atoms with E-state index < -0.39 is 6.10 Å². The Morgan fingerprint density at radius 3 is 2.70 bits per heavy atom. The highest BCUT2D eigenvalue weighted by molar-refractivity contribution is 5.93. The van der Waals surface area contributed by atoms with Gasteiger partial charge in [0.25, 0.3) is 5.91 Å². The van der Waals surface area contributed by atoms with E-state index in [1.165, 1.54) is 0 Å². The number of nitrogens with zero attached hydrogens (tertiary/aromatic N) is 5. The van der Waals surface area contributed by atoms with E-state index in [2.05, 4.69) is 20.3 Å². The van der Waals surface area contributed by atoms with Crippen molar-refractivity contribution >= 4 is 16.9 Å². The van der Waals surface area contributed by atoms with Crippen molar-refractivity contribution in [2.75, 3.05) is 13.1 Å². The molecule has 2 N–H and O–H groups in total. The Kier molecular flexibility index (Phi) is 4.96. The lowest BCUT2D eigenvalue weighted by atomic mass is 9.77. The van der Waals surface area contributed by atoms with Crippen molar-refractivity contribution in [2.24, 2.45) is 18.9 Å². The van der Waals surface area contributed by atoms with Crippen molar-refractivity contribution in [3.05, 3.63) is 54.1 Å². The van der Waals surface area contributed by atoms with E-state index in [9.17, 15) is 9.90 Å². The number of fused-ring (bicyclic) bond motifs is 2. The quantitative estimate of drug-likeness (QED) is 0.679. The average molecular weight is 406 g/mol. The van der Waals surface area contributed by atoms with Gasteiger partial charge in [0.1, 0.15) is 0 Å². The van der Waals surface area contributed by atoms with Gasteiger partial charge in [-0.2, -0.15) is 5.10 Å². The molecule has 2 aromatic heterocycles.